The molecule has 6 heteroatoms. The molecular weight excluding hydrogens is 324 g/mol. The van der Waals surface area contributed by atoms with Crippen molar-refractivity contribution in [3.05, 3.63) is 48.0 Å². The second-order valence-electron chi connectivity index (χ2n) is 6.73. The number of ether oxygens (including phenoxy) is 2. The molecule has 132 valence electrons. The molecule has 5 nitrogen and oxygen atoms in total. The maximum atomic E-state index is 11.5. The van der Waals surface area contributed by atoms with E-state index in [9.17, 15) is 9.90 Å². The average molecular weight is 350 g/mol. The van der Waals surface area contributed by atoms with Gasteiger partial charge >= 0.3 is 5.97 Å². The van der Waals surface area contributed by atoms with Gasteiger partial charge in [-0.1, -0.05) is 30.3 Å². The Kier molecular flexibility index (Phi) is 6.34. The molecule has 0 aromatic heterocycles. The molecule has 0 aliphatic carbocycles. The second kappa shape index (κ2) is 8.07. The van der Waals surface area contributed by atoms with Crippen LogP contribution in [0.5, 0.6) is 0 Å². The Hall–Kier alpha value is -1.47. The minimum atomic E-state index is -1.88. The van der Waals surface area contributed by atoms with Crippen molar-refractivity contribution in [2.45, 2.75) is 51.0 Å². The first-order valence-corrected chi connectivity index (χ1v) is 11.6. The quantitative estimate of drug-likeness (QED) is 0.485. The van der Waals surface area contributed by atoms with Gasteiger partial charge in [-0.15, -0.1) is 0 Å². The number of carbonyl (C=O) groups excluding carboxylic acids is 1. The van der Waals surface area contributed by atoms with Crippen LogP contribution in [0.25, 0.3) is 0 Å². The van der Waals surface area contributed by atoms with E-state index in [-0.39, 0.29) is 6.10 Å². The summed E-state index contributed by atoms with van der Waals surface area (Å²) >= 11 is 0. The first kappa shape index (κ1) is 18.9. The lowest BCUT2D eigenvalue weighted by Crippen LogP contribution is -2.40. The normalized spacial score (nSPS) is 27.5. The van der Waals surface area contributed by atoms with E-state index in [1.165, 1.54) is 6.08 Å². The molecule has 0 spiro atoms. The van der Waals surface area contributed by atoms with Gasteiger partial charge in [0.25, 0.3) is 0 Å². The number of benzene rings is 1. The van der Waals surface area contributed by atoms with Gasteiger partial charge in [0.1, 0.15) is 24.4 Å². The first-order chi connectivity index (χ1) is 11.3. The number of hydrogen-bond acceptors (Lipinski definition) is 5. The van der Waals surface area contributed by atoms with Gasteiger partial charge in [-0.3, -0.25) is 0 Å². The fourth-order valence-corrected chi connectivity index (χ4v) is 3.75. The highest BCUT2D eigenvalue weighted by Gasteiger charge is 2.45. The predicted molar refractivity (Wildman–Crippen MR) is 94.1 cm³/mol. The largest absolute Gasteiger partial charge is 0.463 e. The van der Waals surface area contributed by atoms with Crippen LogP contribution in [-0.4, -0.2) is 44.3 Å². The molecule has 24 heavy (non-hydrogen) atoms. The van der Waals surface area contributed by atoms with Crippen LogP contribution in [0.1, 0.15) is 18.6 Å². The Morgan fingerprint density at radius 3 is 2.54 bits per heavy atom. The highest BCUT2D eigenvalue weighted by atomic mass is 28.4. The van der Waals surface area contributed by atoms with Crippen LogP contribution < -0.4 is 0 Å². The minimum Gasteiger partial charge on any atom is -0.463 e. The second-order valence-corrected chi connectivity index (χ2v) is 11.2. The molecule has 4 atom stereocenters. The predicted octanol–water partition coefficient (Wildman–Crippen LogP) is 2.83. The lowest BCUT2D eigenvalue weighted by atomic mass is 10.0. The molecule has 1 N–H and O–H groups in total. The van der Waals surface area contributed by atoms with E-state index >= 15 is 0 Å². The third-order valence-electron chi connectivity index (χ3n) is 3.60. The molecule has 1 saturated heterocycles. The van der Waals surface area contributed by atoms with Gasteiger partial charge < -0.3 is 19.0 Å². The summed E-state index contributed by atoms with van der Waals surface area (Å²) in [7, 11) is -1.88. The van der Waals surface area contributed by atoms with E-state index in [0.717, 1.165) is 5.56 Å². The summed E-state index contributed by atoms with van der Waals surface area (Å²) in [6, 6.07) is 9.70. The van der Waals surface area contributed by atoms with Gasteiger partial charge in [-0.25, -0.2) is 4.79 Å². The van der Waals surface area contributed by atoms with Gasteiger partial charge in [0, 0.05) is 6.08 Å². The van der Waals surface area contributed by atoms with E-state index in [4.69, 9.17) is 13.9 Å². The zero-order valence-corrected chi connectivity index (χ0v) is 15.6. The molecule has 0 unspecified atom stereocenters. The molecule has 1 aliphatic heterocycles. The Balaban J connectivity index is 2.20. The molecule has 0 radical (unpaired) electrons. The zero-order valence-electron chi connectivity index (χ0n) is 14.6. The van der Waals surface area contributed by atoms with Gasteiger partial charge in [0.05, 0.1) is 6.61 Å². The summed E-state index contributed by atoms with van der Waals surface area (Å²) < 4.78 is 17.0. The average Bonchev–Trinajstić information content (AvgIpc) is 2.82. The minimum absolute atomic E-state index is 0.311. The van der Waals surface area contributed by atoms with E-state index in [1.54, 1.807) is 13.0 Å². The topological polar surface area (TPSA) is 65.0 Å². The van der Waals surface area contributed by atoms with Crippen molar-refractivity contribution in [3.63, 3.8) is 0 Å². The zero-order chi connectivity index (χ0) is 17.7. The van der Waals surface area contributed by atoms with Gasteiger partial charge in [-0.05, 0) is 38.2 Å². The number of hydrogen-bond donors (Lipinski definition) is 1. The molecule has 1 aliphatic rings. The molecular formula is C18H26O5Si. The van der Waals surface area contributed by atoms with Crippen LogP contribution in [0.2, 0.25) is 19.6 Å². The van der Waals surface area contributed by atoms with Crippen molar-refractivity contribution in [2.24, 2.45) is 0 Å². The van der Waals surface area contributed by atoms with Crippen LogP contribution in [0.4, 0.5) is 0 Å². The van der Waals surface area contributed by atoms with Crippen LogP contribution in [-0.2, 0) is 18.7 Å². The van der Waals surface area contributed by atoms with Crippen molar-refractivity contribution >= 4 is 14.3 Å². The smallest absolute Gasteiger partial charge is 0.330 e. The van der Waals surface area contributed by atoms with Crippen LogP contribution in [0.3, 0.4) is 0 Å². The standard InChI is InChI=1S/C18H26O5Si/c1-5-21-15(19)12-11-14-16(20)18(23-24(2,3)4)17(22-14)13-9-7-6-8-10-13/h6-12,14,16-18,20H,5H2,1-4H3/b12-11+/t14-,16+,17+,18-/m1/s1. The Labute approximate surface area is 144 Å². The number of esters is 1. The number of aliphatic hydroxyl groups is 1. The van der Waals surface area contributed by atoms with Gasteiger partial charge in [0.2, 0.25) is 0 Å². The fraction of sp³-hybridized carbons (Fsp3) is 0.500. The van der Waals surface area contributed by atoms with Crippen LogP contribution >= 0.6 is 0 Å². The summed E-state index contributed by atoms with van der Waals surface area (Å²) in [4.78, 5) is 11.5. The van der Waals surface area contributed by atoms with E-state index < -0.39 is 32.6 Å². The number of carbonyl (C=O) groups is 1. The Morgan fingerprint density at radius 2 is 1.96 bits per heavy atom. The highest BCUT2D eigenvalue weighted by Crippen LogP contribution is 2.37. The summed E-state index contributed by atoms with van der Waals surface area (Å²) in [5.41, 5.74) is 0.951. The molecule has 1 heterocycles. The van der Waals surface area contributed by atoms with Crippen molar-refractivity contribution in [1.82, 2.24) is 0 Å². The molecule has 0 amide bonds. The Bertz CT molecular complexity index is 567. The maximum absolute atomic E-state index is 11.5. The van der Waals surface area contributed by atoms with Crippen molar-refractivity contribution < 1.29 is 23.8 Å². The lowest BCUT2D eigenvalue weighted by Gasteiger charge is -2.28. The Morgan fingerprint density at radius 1 is 1.29 bits per heavy atom. The van der Waals surface area contributed by atoms with E-state index in [2.05, 4.69) is 19.6 Å². The highest BCUT2D eigenvalue weighted by molar-refractivity contribution is 6.69. The fourth-order valence-electron chi connectivity index (χ4n) is 2.67. The molecule has 1 aromatic rings. The van der Waals surface area contributed by atoms with Crippen molar-refractivity contribution in [1.29, 1.82) is 0 Å². The van der Waals surface area contributed by atoms with Crippen LogP contribution in [0, 0.1) is 0 Å². The molecule has 1 aromatic carbocycles. The summed E-state index contributed by atoms with van der Waals surface area (Å²) in [6.45, 7) is 8.28. The molecule has 0 bridgehead atoms. The third kappa shape index (κ3) is 5.01. The van der Waals surface area contributed by atoms with Crippen LogP contribution in [0.15, 0.2) is 42.5 Å². The lowest BCUT2D eigenvalue weighted by molar-refractivity contribution is -0.137. The van der Waals surface area contributed by atoms with Crippen molar-refractivity contribution in [2.75, 3.05) is 6.61 Å². The molecule has 1 fully saturated rings. The summed E-state index contributed by atoms with van der Waals surface area (Å²) in [5.74, 6) is -0.445. The van der Waals surface area contributed by atoms with E-state index in [1.807, 2.05) is 30.3 Å². The number of aliphatic hydroxyl groups excluding tert-OH is 1. The third-order valence-corrected chi connectivity index (χ3v) is 4.58. The monoisotopic (exact) mass is 350 g/mol. The summed E-state index contributed by atoms with van der Waals surface area (Å²) in [5, 5.41) is 10.7. The SMILES string of the molecule is CCOC(=O)/C=C/[C@H]1O[C@@H](c2ccccc2)[C@H](O[Si](C)(C)C)[C@H]1O. The first-order valence-electron chi connectivity index (χ1n) is 8.23. The van der Waals surface area contributed by atoms with Gasteiger partial charge in [0.15, 0.2) is 8.32 Å². The van der Waals surface area contributed by atoms with E-state index in [0.29, 0.717) is 6.61 Å². The number of rotatable bonds is 6. The van der Waals surface area contributed by atoms with Gasteiger partial charge in [-0.2, -0.15) is 0 Å². The van der Waals surface area contributed by atoms with Crippen molar-refractivity contribution in [3.8, 4) is 0 Å². The molecule has 2 rings (SSSR count). The summed E-state index contributed by atoms with van der Waals surface area (Å²) in [6.07, 6.45) is 0.567. The molecule has 0 saturated carbocycles. The maximum Gasteiger partial charge on any atom is 0.330 e.